The zero-order valence-corrected chi connectivity index (χ0v) is 16.0. The number of carbonyl (C=O) groups is 1. The van der Waals surface area contributed by atoms with Crippen LogP contribution in [0.4, 0.5) is 18.9 Å². The standard InChI is InChI=1S/C23H21F3N2O2/c24-23(25,26)18-11-9-16(10-12-18)13-14-28(19-7-4-8-20(29)15-19)22(30)21(27)17-5-2-1-3-6-17/h1-12,15,21,29H,13-14,27H2. The summed E-state index contributed by atoms with van der Waals surface area (Å²) in [5, 5.41) is 9.82. The van der Waals surface area contributed by atoms with Crippen LogP contribution >= 0.6 is 0 Å². The molecular formula is C23H21F3N2O2. The fourth-order valence-electron chi connectivity index (χ4n) is 3.10. The van der Waals surface area contributed by atoms with Gasteiger partial charge in [0.2, 0.25) is 5.91 Å². The lowest BCUT2D eigenvalue weighted by Crippen LogP contribution is -2.40. The van der Waals surface area contributed by atoms with Crippen molar-refractivity contribution >= 4 is 11.6 Å². The van der Waals surface area contributed by atoms with Gasteiger partial charge in [-0.1, -0.05) is 48.5 Å². The minimum Gasteiger partial charge on any atom is -0.508 e. The molecule has 0 aliphatic carbocycles. The van der Waals surface area contributed by atoms with Crippen molar-refractivity contribution in [3.63, 3.8) is 0 Å². The maximum absolute atomic E-state index is 13.1. The van der Waals surface area contributed by atoms with E-state index in [1.54, 1.807) is 36.4 Å². The summed E-state index contributed by atoms with van der Waals surface area (Å²) in [5.41, 5.74) is 7.19. The van der Waals surface area contributed by atoms with Gasteiger partial charge in [-0.2, -0.15) is 13.2 Å². The average molecular weight is 414 g/mol. The van der Waals surface area contributed by atoms with E-state index in [1.165, 1.54) is 29.2 Å². The average Bonchev–Trinajstić information content (AvgIpc) is 2.73. The second kappa shape index (κ2) is 9.00. The predicted octanol–water partition coefficient (Wildman–Crippen LogP) is 4.69. The summed E-state index contributed by atoms with van der Waals surface area (Å²) in [6, 6.07) is 19.0. The van der Waals surface area contributed by atoms with Crippen molar-refractivity contribution in [2.24, 2.45) is 5.73 Å². The lowest BCUT2D eigenvalue weighted by atomic mass is 10.0. The third-order valence-electron chi connectivity index (χ3n) is 4.74. The number of nitrogens with two attached hydrogens (primary N) is 1. The molecule has 156 valence electrons. The molecule has 0 radical (unpaired) electrons. The molecule has 0 heterocycles. The molecule has 0 aliphatic rings. The molecule has 0 bridgehead atoms. The van der Waals surface area contributed by atoms with Crippen LogP contribution in [-0.2, 0) is 17.4 Å². The number of carbonyl (C=O) groups excluding carboxylic acids is 1. The fourth-order valence-corrected chi connectivity index (χ4v) is 3.10. The van der Waals surface area contributed by atoms with Gasteiger partial charge in [0.1, 0.15) is 11.8 Å². The molecule has 1 atom stereocenters. The van der Waals surface area contributed by atoms with Gasteiger partial charge in [0.15, 0.2) is 0 Å². The Hall–Kier alpha value is -3.32. The SMILES string of the molecule is NC(C(=O)N(CCc1ccc(C(F)(F)F)cc1)c1cccc(O)c1)c1ccccc1. The third kappa shape index (κ3) is 5.18. The van der Waals surface area contributed by atoms with Gasteiger partial charge in [0.05, 0.1) is 5.56 Å². The molecule has 4 nitrogen and oxygen atoms in total. The van der Waals surface area contributed by atoms with E-state index in [-0.39, 0.29) is 18.2 Å². The number of phenols is 1. The number of rotatable bonds is 6. The quantitative estimate of drug-likeness (QED) is 0.615. The van der Waals surface area contributed by atoms with Crippen molar-refractivity contribution in [2.75, 3.05) is 11.4 Å². The van der Waals surface area contributed by atoms with Crippen LogP contribution in [0.25, 0.3) is 0 Å². The first-order chi connectivity index (χ1) is 14.3. The van der Waals surface area contributed by atoms with Crippen LogP contribution in [0.2, 0.25) is 0 Å². The molecule has 7 heteroatoms. The Bertz CT molecular complexity index is 989. The Morgan fingerprint density at radius 2 is 1.63 bits per heavy atom. The van der Waals surface area contributed by atoms with Crippen molar-refractivity contribution in [2.45, 2.75) is 18.6 Å². The molecule has 3 rings (SSSR count). The summed E-state index contributed by atoms with van der Waals surface area (Å²) in [6.45, 7) is 0.189. The molecule has 0 spiro atoms. The van der Waals surface area contributed by atoms with Gasteiger partial charge in [-0.05, 0) is 41.8 Å². The zero-order valence-electron chi connectivity index (χ0n) is 16.0. The first kappa shape index (κ1) is 21.4. The van der Waals surface area contributed by atoms with E-state index in [0.717, 1.165) is 12.1 Å². The van der Waals surface area contributed by atoms with E-state index in [4.69, 9.17) is 5.73 Å². The van der Waals surface area contributed by atoms with Crippen molar-refractivity contribution in [3.8, 4) is 5.75 Å². The largest absolute Gasteiger partial charge is 0.508 e. The maximum Gasteiger partial charge on any atom is 0.416 e. The summed E-state index contributed by atoms with van der Waals surface area (Å²) < 4.78 is 38.3. The van der Waals surface area contributed by atoms with Crippen LogP contribution in [0.3, 0.4) is 0 Å². The number of anilines is 1. The summed E-state index contributed by atoms with van der Waals surface area (Å²) in [7, 11) is 0. The van der Waals surface area contributed by atoms with Gasteiger partial charge in [-0.15, -0.1) is 0 Å². The number of nitrogens with zero attached hydrogens (tertiary/aromatic N) is 1. The lowest BCUT2D eigenvalue weighted by molar-refractivity contribution is -0.137. The minimum absolute atomic E-state index is 0.00638. The Kier molecular flexibility index (Phi) is 6.42. The highest BCUT2D eigenvalue weighted by Crippen LogP contribution is 2.29. The van der Waals surface area contributed by atoms with E-state index >= 15 is 0 Å². The Balaban J connectivity index is 1.82. The van der Waals surface area contributed by atoms with Crippen LogP contribution < -0.4 is 10.6 Å². The van der Waals surface area contributed by atoms with Gasteiger partial charge in [0.25, 0.3) is 0 Å². The second-order valence-corrected chi connectivity index (χ2v) is 6.84. The first-order valence-electron chi connectivity index (χ1n) is 9.33. The maximum atomic E-state index is 13.1. The minimum atomic E-state index is -4.40. The highest BCUT2D eigenvalue weighted by atomic mass is 19.4. The van der Waals surface area contributed by atoms with E-state index in [2.05, 4.69) is 0 Å². The molecule has 0 saturated carbocycles. The number of hydrogen-bond donors (Lipinski definition) is 2. The topological polar surface area (TPSA) is 66.6 Å². The molecule has 3 aromatic carbocycles. The molecule has 3 N–H and O–H groups in total. The first-order valence-corrected chi connectivity index (χ1v) is 9.33. The van der Waals surface area contributed by atoms with Crippen LogP contribution in [-0.4, -0.2) is 17.6 Å². The second-order valence-electron chi connectivity index (χ2n) is 6.84. The smallest absolute Gasteiger partial charge is 0.416 e. The molecule has 30 heavy (non-hydrogen) atoms. The molecule has 3 aromatic rings. The van der Waals surface area contributed by atoms with Crippen molar-refractivity contribution < 1.29 is 23.1 Å². The fraction of sp³-hybridized carbons (Fsp3) is 0.174. The van der Waals surface area contributed by atoms with Crippen molar-refractivity contribution in [1.29, 1.82) is 0 Å². The number of amides is 1. The normalized spacial score (nSPS) is 12.4. The number of alkyl halides is 3. The zero-order chi connectivity index (χ0) is 21.7. The Morgan fingerprint density at radius 3 is 2.23 bits per heavy atom. The van der Waals surface area contributed by atoms with E-state index in [1.807, 2.05) is 6.07 Å². The molecule has 0 aromatic heterocycles. The predicted molar refractivity (Wildman–Crippen MR) is 109 cm³/mol. The molecular weight excluding hydrogens is 393 g/mol. The van der Waals surface area contributed by atoms with Gasteiger partial charge < -0.3 is 15.7 Å². The van der Waals surface area contributed by atoms with Gasteiger partial charge in [0, 0.05) is 18.3 Å². The number of benzene rings is 3. The monoisotopic (exact) mass is 414 g/mol. The lowest BCUT2D eigenvalue weighted by Gasteiger charge is -2.26. The molecule has 0 fully saturated rings. The van der Waals surface area contributed by atoms with E-state index in [0.29, 0.717) is 23.2 Å². The summed E-state index contributed by atoms with van der Waals surface area (Å²) in [5.74, 6) is -0.383. The van der Waals surface area contributed by atoms with Crippen LogP contribution in [0.15, 0.2) is 78.9 Å². The van der Waals surface area contributed by atoms with Crippen LogP contribution in [0, 0.1) is 0 Å². The third-order valence-corrected chi connectivity index (χ3v) is 4.74. The molecule has 0 saturated heterocycles. The number of phenolic OH excluding ortho intramolecular Hbond substituents is 1. The van der Waals surface area contributed by atoms with E-state index in [9.17, 15) is 23.1 Å². The number of hydrogen-bond acceptors (Lipinski definition) is 3. The summed E-state index contributed by atoms with van der Waals surface area (Å²) >= 11 is 0. The van der Waals surface area contributed by atoms with Gasteiger partial charge in [-0.25, -0.2) is 0 Å². The van der Waals surface area contributed by atoms with Gasteiger partial charge in [-0.3, -0.25) is 4.79 Å². The highest BCUT2D eigenvalue weighted by molar-refractivity contribution is 5.97. The summed E-state index contributed by atoms with van der Waals surface area (Å²) in [4.78, 5) is 14.6. The van der Waals surface area contributed by atoms with Crippen molar-refractivity contribution in [1.82, 2.24) is 0 Å². The van der Waals surface area contributed by atoms with Crippen molar-refractivity contribution in [3.05, 3.63) is 95.6 Å². The van der Waals surface area contributed by atoms with Gasteiger partial charge >= 0.3 is 6.18 Å². The molecule has 1 unspecified atom stereocenters. The van der Waals surface area contributed by atoms with Crippen LogP contribution in [0.1, 0.15) is 22.7 Å². The Morgan fingerprint density at radius 1 is 0.967 bits per heavy atom. The highest BCUT2D eigenvalue weighted by Gasteiger charge is 2.30. The van der Waals surface area contributed by atoms with Crippen LogP contribution in [0.5, 0.6) is 5.75 Å². The molecule has 1 amide bonds. The number of halogens is 3. The summed E-state index contributed by atoms with van der Waals surface area (Å²) in [6.07, 6.45) is -4.08. The Labute approximate surface area is 172 Å². The molecule has 0 aliphatic heterocycles. The number of aromatic hydroxyl groups is 1. The van der Waals surface area contributed by atoms with E-state index < -0.39 is 17.8 Å².